The summed E-state index contributed by atoms with van der Waals surface area (Å²) < 4.78 is 35.9. The van der Waals surface area contributed by atoms with Crippen LogP contribution in [0.15, 0.2) is 36.9 Å². The maximum atomic E-state index is 12.0. The topological polar surface area (TPSA) is 58.2 Å². The Morgan fingerprint density at radius 1 is 1.06 bits per heavy atom. The van der Waals surface area contributed by atoms with E-state index < -0.39 is 18.0 Å². The van der Waals surface area contributed by atoms with E-state index in [1.807, 2.05) is 0 Å². The Labute approximate surface area is 100 Å². The van der Waals surface area contributed by atoms with Crippen molar-refractivity contribution in [3.05, 3.63) is 36.9 Å². The minimum absolute atomic E-state index is 0.0195. The second-order valence-electron chi connectivity index (χ2n) is 3.22. The highest BCUT2D eigenvalue weighted by atomic mass is 19.4. The lowest BCUT2D eigenvalue weighted by Crippen LogP contribution is -2.29. The predicted molar refractivity (Wildman–Crippen MR) is 60.0 cm³/mol. The van der Waals surface area contributed by atoms with Crippen LogP contribution < -0.4 is 10.6 Å². The molecular weight excluding hydrogens is 249 g/mol. The number of hydrogen-bond donors (Lipinski definition) is 2. The van der Waals surface area contributed by atoms with E-state index in [0.29, 0.717) is 5.69 Å². The van der Waals surface area contributed by atoms with Crippen molar-refractivity contribution >= 4 is 23.2 Å². The van der Waals surface area contributed by atoms with Crippen LogP contribution in [0, 0.1) is 0 Å². The fourth-order valence-corrected chi connectivity index (χ4v) is 1.03. The van der Waals surface area contributed by atoms with Crippen LogP contribution in [0.4, 0.5) is 24.5 Å². The summed E-state index contributed by atoms with van der Waals surface area (Å²) in [6, 6.07) is 5.19. The summed E-state index contributed by atoms with van der Waals surface area (Å²) in [6.45, 7) is 3.25. The summed E-state index contributed by atoms with van der Waals surface area (Å²) >= 11 is 0. The average molecular weight is 258 g/mol. The first kappa shape index (κ1) is 13.8. The smallest absolute Gasteiger partial charge is 0.323 e. The molecule has 96 valence electrons. The highest BCUT2D eigenvalue weighted by Crippen LogP contribution is 2.19. The van der Waals surface area contributed by atoms with E-state index >= 15 is 0 Å². The van der Waals surface area contributed by atoms with Crippen molar-refractivity contribution in [1.29, 1.82) is 0 Å². The number of anilines is 2. The number of nitrogens with one attached hydrogen (secondary N) is 2. The van der Waals surface area contributed by atoms with Gasteiger partial charge >= 0.3 is 12.1 Å². The molecule has 1 rings (SSSR count). The molecule has 0 aliphatic rings. The number of hydrogen-bond acceptors (Lipinski definition) is 2. The summed E-state index contributed by atoms with van der Waals surface area (Å²) in [7, 11) is 0. The third-order valence-electron chi connectivity index (χ3n) is 1.85. The molecule has 2 N–H and O–H groups in total. The van der Waals surface area contributed by atoms with Gasteiger partial charge in [-0.3, -0.25) is 9.59 Å². The maximum Gasteiger partial charge on any atom is 0.471 e. The van der Waals surface area contributed by atoms with Crippen LogP contribution in [0.1, 0.15) is 0 Å². The molecule has 2 amide bonds. The van der Waals surface area contributed by atoms with Gasteiger partial charge in [0.15, 0.2) is 0 Å². The van der Waals surface area contributed by atoms with Gasteiger partial charge in [-0.2, -0.15) is 13.2 Å². The molecule has 0 radical (unpaired) electrons. The average Bonchev–Trinajstić information content (AvgIpc) is 2.30. The van der Waals surface area contributed by atoms with E-state index in [9.17, 15) is 22.8 Å². The van der Waals surface area contributed by atoms with Crippen molar-refractivity contribution in [1.82, 2.24) is 0 Å². The molecule has 1 aromatic rings. The zero-order valence-electron chi connectivity index (χ0n) is 9.04. The van der Waals surface area contributed by atoms with Crippen molar-refractivity contribution in [3.63, 3.8) is 0 Å². The number of alkyl halides is 3. The molecule has 0 aromatic heterocycles. The fraction of sp³-hybridized carbons (Fsp3) is 0.0909. The van der Waals surface area contributed by atoms with Gasteiger partial charge in [-0.05, 0) is 30.3 Å². The normalized spacial score (nSPS) is 10.6. The zero-order chi connectivity index (χ0) is 13.8. The molecular formula is C11H9F3N2O2. The Morgan fingerprint density at radius 3 is 1.89 bits per heavy atom. The van der Waals surface area contributed by atoms with Crippen molar-refractivity contribution in [2.24, 2.45) is 0 Å². The van der Waals surface area contributed by atoms with Gasteiger partial charge in [-0.25, -0.2) is 0 Å². The molecule has 0 atom stereocenters. The van der Waals surface area contributed by atoms with Gasteiger partial charge in [0.1, 0.15) is 0 Å². The molecule has 0 unspecified atom stereocenters. The molecule has 0 bridgehead atoms. The van der Waals surface area contributed by atoms with Gasteiger partial charge in [-0.15, -0.1) is 0 Å². The lowest BCUT2D eigenvalue weighted by molar-refractivity contribution is -0.167. The van der Waals surface area contributed by atoms with Crippen LogP contribution in [0.5, 0.6) is 0 Å². The summed E-state index contributed by atoms with van der Waals surface area (Å²) in [5.74, 6) is -2.49. The quantitative estimate of drug-likeness (QED) is 0.817. The van der Waals surface area contributed by atoms with Crippen molar-refractivity contribution in [2.75, 3.05) is 10.6 Å². The summed E-state index contributed by atoms with van der Waals surface area (Å²) in [5, 5.41) is 4.09. The Hall–Kier alpha value is -2.31. The SMILES string of the molecule is C=CC(=O)Nc1ccc(NC(=O)C(F)(F)F)cc1. The molecule has 0 heterocycles. The standard InChI is InChI=1S/C11H9F3N2O2/c1-2-9(17)15-7-3-5-8(6-4-7)16-10(18)11(12,13)14/h2-6H,1H2,(H,15,17)(H,16,18). The van der Waals surface area contributed by atoms with Gasteiger partial charge in [-0.1, -0.05) is 6.58 Å². The van der Waals surface area contributed by atoms with E-state index in [0.717, 1.165) is 6.08 Å². The molecule has 18 heavy (non-hydrogen) atoms. The van der Waals surface area contributed by atoms with Gasteiger partial charge in [0.2, 0.25) is 5.91 Å². The summed E-state index contributed by atoms with van der Waals surface area (Å²) in [5.41, 5.74) is 0.360. The molecule has 0 aliphatic heterocycles. The first-order valence-electron chi connectivity index (χ1n) is 4.74. The predicted octanol–water partition coefficient (Wildman–Crippen LogP) is 2.31. The summed E-state index contributed by atoms with van der Waals surface area (Å²) in [6.07, 6.45) is -3.88. The van der Waals surface area contributed by atoms with E-state index in [1.54, 1.807) is 5.32 Å². The molecule has 0 spiro atoms. The Bertz CT molecular complexity index is 466. The lowest BCUT2D eigenvalue weighted by atomic mass is 10.2. The molecule has 0 aliphatic carbocycles. The van der Waals surface area contributed by atoms with E-state index in [1.165, 1.54) is 24.3 Å². The van der Waals surface area contributed by atoms with Crippen LogP contribution in [-0.4, -0.2) is 18.0 Å². The Kier molecular flexibility index (Phi) is 4.09. The highest BCUT2D eigenvalue weighted by molar-refractivity contribution is 5.99. The first-order valence-corrected chi connectivity index (χ1v) is 4.74. The third kappa shape index (κ3) is 3.93. The molecule has 0 saturated heterocycles. The van der Waals surface area contributed by atoms with E-state index in [4.69, 9.17) is 0 Å². The number of amides is 2. The van der Waals surface area contributed by atoms with Crippen molar-refractivity contribution in [2.45, 2.75) is 6.18 Å². The van der Waals surface area contributed by atoms with Crippen LogP contribution in [0.3, 0.4) is 0 Å². The van der Waals surface area contributed by atoms with Crippen molar-refractivity contribution in [3.8, 4) is 0 Å². The van der Waals surface area contributed by atoms with E-state index in [2.05, 4.69) is 11.9 Å². The third-order valence-corrected chi connectivity index (χ3v) is 1.85. The highest BCUT2D eigenvalue weighted by Gasteiger charge is 2.38. The second kappa shape index (κ2) is 5.35. The monoisotopic (exact) mass is 258 g/mol. The van der Waals surface area contributed by atoms with E-state index in [-0.39, 0.29) is 5.69 Å². The number of carbonyl (C=O) groups is 2. The van der Waals surface area contributed by atoms with Crippen molar-refractivity contribution < 1.29 is 22.8 Å². The molecule has 7 heteroatoms. The second-order valence-corrected chi connectivity index (χ2v) is 3.22. The number of rotatable bonds is 3. The van der Waals surface area contributed by atoms with Crippen LogP contribution in [0.25, 0.3) is 0 Å². The lowest BCUT2D eigenvalue weighted by Gasteiger charge is -2.08. The van der Waals surface area contributed by atoms with Gasteiger partial charge in [0.25, 0.3) is 0 Å². The molecule has 0 saturated carbocycles. The van der Waals surface area contributed by atoms with Gasteiger partial charge < -0.3 is 10.6 Å². The van der Waals surface area contributed by atoms with Crippen LogP contribution >= 0.6 is 0 Å². The molecule has 4 nitrogen and oxygen atoms in total. The maximum absolute atomic E-state index is 12.0. The fourth-order valence-electron chi connectivity index (χ4n) is 1.03. The number of benzene rings is 1. The molecule has 1 aromatic carbocycles. The minimum atomic E-state index is -4.93. The number of halogens is 3. The Balaban J connectivity index is 2.69. The number of carbonyl (C=O) groups excluding carboxylic acids is 2. The zero-order valence-corrected chi connectivity index (χ0v) is 9.04. The summed E-state index contributed by atoms with van der Waals surface area (Å²) in [4.78, 5) is 21.6. The van der Waals surface area contributed by atoms with Crippen LogP contribution in [0.2, 0.25) is 0 Å². The minimum Gasteiger partial charge on any atom is -0.323 e. The first-order chi connectivity index (χ1) is 8.32. The van der Waals surface area contributed by atoms with Gasteiger partial charge in [0, 0.05) is 11.4 Å². The molecule has 0 fully saturated rings. The Morgan fingerprint density at radius 2 is 1.50 bits per heavy atom. The largest absolute Gasteiger partial charge is 0.471 e. The van der Waals surface area contributed by atoms with Crippen LogP contribution in [-0.2, 0) is 9.59 Å². The van der Waals surface area contributed by atoms with Gasteiger partial charge in [0.05, 0.1) is 0 Å².